The smallest absolute Gasteiger partial charge is 0.300 e. The summed E-state index contributed by atoms with van der Waals surface area (Å²) in [6, 6.07) is 0. The van der Waals surface area contributed by atoms with Gasteiger partial charge in [0.25, 0.3) is 11.9 Å². The molecule has 4 N–H and O–H groups in total. The van der Waals surface area contributed by atoms with Gasteiger partial charge in [-0.05, 0) is 0 Å². The van der Waals surface area contributed by atoms with Crippen LogP contribution in [0, 0.1) is 0 Å². The van der Waals surface area contributed by atoms with Gasteiger partial charge in [0.05, 0.1) is 24.0 Å². The van der Waals surface area contributed by atoms with E-state index in [0.717, 1.165) is 13.8 Å². The van der Waals surface area contributed by atoms with Crippen LogP contribution in [0.3, 0.4) is 0 Å². The minimum atomic E-state index is -0.894. The van der Waals surface area contributed by atoms with Crippen molar-refractivity contribution in [2.75, 3.05) is 11.8 Å². The Kier molecular flexibility index (Phi) is 18.8. The third-order valence-electron chi connectivity index (χ3n) is 0.760. The summed E-state index contributed by atoms with van der Waals surface area (Å²) in [4.78, 5) is 18.0. The number of hydrogen-bond donors (Lipinski definition) is 4. The first-order valence-corrected chi connectivity index (χ1v) is 5.13. The summed E-state index contributed by atoms with van der Waals surface area (Å²) in [5.74, 6) is -1.62. The summed E-state index contributed by atoms with van der Waals surface area (Å²) >= 11 is 10.3. The Bertz CT molecular complexity index is 159. The molecular weight excluding hydrogens is 263 g/mol. The highest BCUT2D eigenvalue weighted by atomic mass is 35.5. The molecule has 0 fully saturated rings. The van der Waals surface area contributed by atoms with Crippen LogP contribution in [0.15, 0.2) is 0 Å². The molecule has 16 heavy (non-hydrogen) atoms. The molecule has 6 nitrogen and oxygen atoms in total. The van der Waals surface area contributed by atoms with Crippen LogP contribution in [-0.2, 0) is 9.59 Å². The van der Waals surface area contributed by atoms with Gasteiger partial charge in [-0.1, -0.05) is 0 Å². The third-order valence-corrected chi connectivity index (χ3v) is 1.39. The van der Waals surface area contributed by atoms with Crippen molar-refractivity contribution in [3.63, 3.8) is 0 Å². The highest BCUT2D eigenvalue weighted by Crippen LogP contribution is 1.97. The molecule has 0 aliphatic rings. The molecule has 0 spiro atoms. The minimum Gasteiger partial charge on any atom is -0.481 e. The van der Waals surface area contributed by atoms with Gasteiger partial charge in [0.15, 0.2) is 0 Å². The van der Waals surface area contributed by atoms with Crippen LogP contribution in [0.1, 0.15) is 13.8 Å². The summed E-state index contributed by atoms with van der Waals surface area (Å²) in [6.45, 7) is 2.17. The van der Waals surface area contributed by atoms with E-state index in [0.29, 0.717) is 0 Å². The molecule has 0 aliphatic carbocycles. The van der Waals surface area contributed by atoms with Crippen LogP contribution in [-0.4, -0.2) is 56.3 Å². The second-order valence-electron chi connectivity index (χ2n) is 2.48. The van der Waals surface area contributed by atoms with Crippen LogP contribution in [0.5, 0.6) is 0 Å². The van der Waals surface area contributed by atoms with Crippen LogP contribution < -0.4 is 0 Å². The number of carboxylic acid groups (broad SMARTS) is 2. The van der Waals surface area contributed by atoms with Gasteiger partial charge in [0, 0.05) is 13.8 Å². The monoisotopic (exact) mass is 278 g/mol. The number of alkyl halides is 2. The zero-order valence-corrected chi connectivity index (χ0v) is 10.4. The Morgan fingerprint density at radius 1 is 0.938 bits per heavy atom. The van der Waals surface area contributed by atoms with E-state index in [9.17, 15) is 0 Å². The molecule has 0 radical (unpaired) electrons. The molecule has 0 saturated heterocycles. The second kappa shape index (κ2) is 14.4. The molecule has 98 valence electrons. The quantitative estimate of drug-likeness (QED) is 0.555. The lowest BCUT2D eigenvalue weighted by molar-refractivity contribution is -0.135. The minimum absolute atomic E-state index is 0.0217. The number of carboxylic acids is 2. The summed E-state index contributed by atoms with van der Waals surface area (Å²) in [6.07, 6.45) is -1.79. The molecule has 0 rings (SSSR count). The lowest BCUT2D eigenvalue weighted by Crippen LogP contribution is -2.28. The fourth-order valence-corrected chi connectivity index (χ4v) is 0.617. The van der Waals surface area contributed by atoms with Gasteiger partial charge < -0.3 is 20.4 Å². The fourth-order valence-electron chi connectivity index (χ4n) is 0.206. The van der Waals surface area contributed by atoms with Gasteiger partial charge in [-0.25, -0.2) is 0 Å². The lowest BCUT2D eigenvalue weighted by atomic mass is 10.3. The summed E-state index contributed by atoms with van der Waals surface area (Å²) in [5, 5.41) is 32.2. The van der Waals surface area contributed by atoms with Crippen molar-refractivity contribution in [1.82, 2.24) is 0 Å². The topological polar surface area (TPSA) is 115 Å². The molecule has 0 amide bonds. The molecule has 0 heterocycles. The fraction of sp³-hybridized carbons (Fsp3) is 0.750. The number of halogens is 2. The summed E-state index contributed by atoms with van der Waals surface area (Å²) in [7, 11) is 0. The molecule has 0 aromatic heterocycles. The van der Waals surface area contributed by atoms with Crippen LogP contribution in [0.25, 0.3) is 0 Å². The number of aliphatic carboxylic acids is 2. The van der Waals surface area contributed by atoms with Gasteiger partial charge in [-0.15, -0.1) is 23.2 Å². The molecule has 0 aliphatic heterocycles. The van der Waals surface area contributed by atoms with Crippen molar-refractivity contribution < 1.29 is 30.0 Å². The van der Waals surface area contributed by atoms with E-state index in [2.05, 4.69) is 0 Å². The maximum absolute atomic E-state index is 9.00. The summed E-state index contributed by atoms with van der Waals surface area (Å²) in [5.41, 5.74) is 0. The Hall–Kier alpha value is -0.560. The third kappa shape index (κ3) is 37.6. The van der Waals surface area contributed by atoms with E-state index in [-0.39, 0.29) is 11.8 Å². The average Bonchev–Trinajstić information content (AvgIpc) is 2.13. The maximum atomic E-state index is 9.00. The predicted octanol–water partition coefficient (Wildman–Crippen LogP) is 0.368. The van der Waals surface area contributed by atoms with Gasteiger partial charge in [-0.2, -0.15) is 0 Å². The highest BCUT2D eigenvalue weighted by molar-refractivity contribution is 6.19. The first-order valence-electron chi connectivity index (χ1n) is 4.06. The Balaban J connectivity index is -0.000000179. The van der Waals surface area contributed by atoms with E-state index >= 15 is 0 Å². The molecule has 8 heteroatoms. The molecule has 2 atom stereocenters. The number of aliphatic hydroxyl groups excluding tert-OH is 2. The largest absolute Gasteiger partial charge is 0.481 e. The zero-order chi connectivity index (χ0) is 13.7. The normalized spacial score (nSPS) is 12.1. The SMILES string of the molecule is CC(=O)O.CC(=O)O.OC(CCl)C(O)CCl. The van der Waals surface area contributed by atoms with Crippen LogP contribution in [0.4, 0.5) is 0 Å². The molecule has 0 bridgehead atoms. The van der Waals surface area contributed by atoms with E-state index in [1.54, 1.807) is 0 Å². The Morgan fingerprint density at radius 2 is 1.06 bits per heavy atom. The van der Waals surface area contributed by atoms with Crippen molar-refractivity contribution in [2.45, 2.75) is 26.1 Å². The summed E-state index contributed by atoms with van der Waals surface area (Å²) < 4.78 is 0. The molecule has 0 aromatic carbocycles. The Morgan fingerprint density at radius 3 is 1.12 bits per heavy atom. The van der Waals surface area contributed by atoms with E-state index in [1.807, 2.05) is 0 Å². The van der Waals surface area contributed by atoms with Crippen molar-refractivity contribution >= 4 is 35.1 Å². The van der Waals surface area contributed by atoms with Crippen LogP contribution >= 0.6 is 23.2 Å². The zero-order valence-electron chi connectivity index (χ0n) is 8.93. The Labute approximate surface area is 103 Å². The van der Waals surface area contributed by atoms with Gasteiger partial charge >= 0.3 is 0 Å². The van der Waals surface area contributed by atoms with Crippen molar-refractivity contribution in [2.24, 2.45) is 0 Å². The maximum Gasteiger partial charge on any atom is 0.300 e. The standard InChI is InChI=1S/C4H8Cl2O2.2C2H4O2/c5-1-3(7)4(8)2-6;2*1-2(3)4/h3-4,7-8H,1-2H2;2*1H3,(H,3,4). The van der Waals surface area contributed by atoms with Crippen molar-refractivity contribution in [1.29, 1.82) is 0 Å². The van der Waals surface area contributed by atoms with Gasteiger partial charge in [0.2, 0.25) is 0 Å². The van der Waals surface area contributed by atoms with E-state index < -0.39 is 24.1 Å². The average molecular weight is 279 g/mol. The molecule has 2 unspecified atom stereocenters. The van der Waals surface area contributed by atoms with Crippen molar-refractivity contribution in [3.05, 3.63) is 0 Å². The first kappa shape index (κ1) is 20.8. The predicted molar refractivity (Wildman–Crippen MR) is 60.1 cm³/mol. The highest BCUT2D eigenvalue weighted by Gasteiger charge is 2.12. The van der Waals surface area contributed by atoms with Gasteiger partial charge in [-0.3, -0.25) is 9.59 Å². The van der Waals surface area contributed by atoms with Crippen molar-refractivity contribution in [3.8, 4) is 0 Å². The van der Waals surface area contributed by atoms with E-state index in [4.69, 9.17) is 53.2 Å². The van der Waals surface area contributed by atoms with E-state index in [1.165, 1.54) is 0 Å². The van der Waals surface area contributed by atoms with Gasteiger partial charge in [0.1, 0.15) is 0 Å². The first-order chi connectivity index (χ1) is 7.18. The number of aliphatic hydroxyl groups is 2. The second-order valence-corrected chi connectivity index (χ2v) is 3.10. The van der Waals surface area contributed by atoms with Crippen LogP contribution in [0.2, 0.25) is 0 Å². The number of rotatable bonds is 3. The molecule has 0 saturated carbocycles. The number of hydrogen-bond acceptors (Lipinski definition) is 4. The molecular formula is C8H16Cl2O6. The molecule has 0 aromatic rings. The number of carbonyl (C=O) groups is 2. The lowest BCUT2D eigenvalue weighted by Gasteiger charge is -2.10.